The molecule has 4 aliphatic carbocycles. The quantitative estimate of drug-likeness (QED) is 0.290. The van der Waals surface area contributed by atoms with Crippen molar-refractivity contribution in [3.8, 4) is 0 Å². The number of aliphatic carboxylic acids is 1. The van der Waals surface area contributed by atoms with Crippen molar-refractivity contribution < 1.29 is 44.6 Å². The summed E-state index contributed by atoms with van der Waals surface area (Å²) in [6, 6.07) is 0. The number of fused-ring (bicyclic) bond motifs is 3. The molecule has 9 nitrogen and oxygen atoms in total. The number of ether oxygens (including phenoxy) is 2. The van der Waals surface area contributed by atoms with Crippen LogP contribution >= 0.6 is 0 Å². The summed E-state index contributed by atoms with van der Waals surface area (Å²) < 4.78 is 11.1. The Morgan fingerprint density at radius 3 is 2.34 bits per heavy atom. The Hall–Kier alpha value is -1.52. The summed E-state index contributed by atoms with van der Waals surface area (Å²) in [5.74, 6) is -1.20. The Bertz CT molecular complexity index is 936. The summed E-state index contributed by atoms with van der Waals surface area (Å²) >= 11 is 0. The van der Waals surface area contributed by atoms with Gasteiger partial charge in [0, 0.05) is 0 Å². The monoisotopic (exact) mass is 494 g/mol. The van der Waals surface area contributed by atoms with Gasteiger partial charge in [0.05, 0.1) is 5.41 Å². The van der Waals surface area contributed by atoms with E-state index in [1.165, 1.54) is 0 Å². The number of carbonyl (C=O) groups is 2. The number of carboxylic acid groups (broad SMARTS) is 1. The van der Waals surface area contributed by atoms with Crippen molar-refractivity contribution in [2.75, 3.05) is 0 Å². The molecule has 0 aromatic rings. The van der Waals surface area contributed by atoms with Crippen LogP contribution in [-0.4, -0.2) is 73.8 Å². The average Bonchev–Trinajstić information content (AvgIpc) is 2.98. The van der Waals surface area contributed by atoms with Crippen molar-refractivity contribution >= 4 is 11.9 Å². The molecular weight excluding hydrogens is 456 g/mol. The molecule has 196 valence electrons. The Kier molecular flexibility index (Phi) is 5.74. The predicted molar refractivity (Wildman–Crippen MR) is 122 cm³/mol. The molecule has 5 aliphatic rings. The number of hydrogen-bond acceptors (Lipinski definition) is 8. The van der Waals surface area contributed by atoms with Gasteiger partial charge in [-0.05, 0) is 86.5 Å². The van der Waals surface area contributed by atoms with E-state index < -0.39 is 53.7 Å². The van der Waals surface area contributed by atoms with Crippen LogP contribution in [-0.2, 0) is 19.1 Å². The van der Waals surface area contributed by atoms with Crippen LogP contribution in [0, 0.1) is 28.1 Å². The first-order valence-electron chi connectivity index (χ1n) is 12.8. The van der Waals surface area contributed by atoms with E-state index in [0.29, 0.717) is 31.6 Å². The summed E-state index contributed by atoms with van der Waals surface area (Å²) in [6.07, 6.45) is -1.77. The minimum absolute atomic E-state index is 0.0981. The van der Waals surface area contributed by atoms with Gasteiger partial charge in [-0.3, -0.25) is 4.79 Å². The lowest BCUT2D eigenvalue weighted by atomic mass is 9.41. The third-order valence-electron chi connectivity index (χ3n) is 10.7. The van der Waals surface area contributed by atoms with Gasteiger partial charge in [0.15, 0.2) is 12.4 Å². The van der Waals surface area contributed by atoms with Crippen LogP contribution in [0.1, 0.15) is 71.6 Å². The van der Waals surface area contributed by atoms with E-state index in [0.717, 1.165) is 37.7 Å². The van der Waals surface area contributed by atoms with Crippen LogP contribution in [0.4, 0.5) is 0 Å². The second-order valence-corrected chi connectivity index (χ2v) is 12.4. The van der Waals surface area contributed by atoms with Gasteiger partial charge in [-0.15, -0.1) is 0 Å². The van der Waals surface area contributed by atoms with Gasteiger partial charge in [0.2, 0.25) is 0 Å². The van der Waals surface area contributed by atoms with Crippen LogP contribution in [0.2, 0.25) is 0 Å². The lowest BCUT2D eigenvalue weighted by Gasteiger charge is -2.63. The van der Waals surface area contributed by atoms with E-state index >= 15 is 0 Å². The van der Waals surface area contributed by atoms with Crippen molar-refractivity contribution in [1.82, 2.24) is 0 Å². The van der Waals surface area contributed by atoms with Crippen molar-refractivity contribution in [3.63, 3.8) is 0 Å². The molecule has 1 spiro atoms. The predicted octanol–water partition coefficient (Wildman–Crippen LogP) is 1.51. The van der Waals surface area contributed by atoms with Crippen LogP contribution < -0.4 is 0 Å². The molecule has 9 heteroatoms. The van der Waals surface area contributed by atoms with Gasteiger partial charge in [-0.2, -0.15) is 0 Å². The summed E-state index contributed by atoms with van der Waals surface area (Å²) in [5.41, 5.74) is -1.07. The van der Waals surface area contributed by atoms with E-state index in [-0.39, 0.29) is 16.7 Å². The maximum atomic E-state index is 13.1. The number of carbonyl (C=O) groups excluding carboxylic acids is 1. The number of carboxylic acids is 1. The zero-order valence-corrected chi connectivity index (χ0v) is 20.5. The second-order valence-electron chi connectivity index (χ2n) is 12.4. The van der Waals surface area contributed by atoms with Gasteiger partial charge in [0.25, 0.3) is 0 Å². The number of hydrogen-bond donors (Lipinski definition) is 5. The van der Waals surface area contributed by atoms with Gasteiger partial charge in [-0.1, -0.05) is 19.9 Å². The molecule has 0 amide bonds. The maximum absolute atomic E-state index is 13.1. The highest BCUT2D eigenvalue weighted by Crippen LogP contribution is 2.73. The molecule has 5 rings (SSSR count). The van der Waals surface area contributed by atoms with Gasteiger partial charge < -0.3 is 35.0 Å². The van der Waals surface area contributed by atoms with Crippen LogP contribution in [0.3, 0.4) is 0 Å². The zero-order chi connectivity index (χ0) is 25.6. The summed E-state index contributed by atoms with van der Waals surface area (Å²) in [5, 5.41) is 49.9. The number of aliphatic hydroxyl groups is 4. The van der Waals surface area contributed by atoms with Crippen molar-refractivity contribution in [2.24, 2.45) is 28.1 Å². The summed E-state index contributed by atoms with van der Waals surface area (Å²) in [4.78, 5) is 25.4. The van der Waals surface area contributed by atoms with E-state index in [2.05, 4.69) is 13.5 Å². The first-order valence-corrected chi connectivity index (χ1v) is 12.8. The molecule has 0 aromatic heterocycles. The topological polar surface area (TPSA) is 154 Å². The molecule has 4 saturated carbocycles. The van der Waals surface area contributed by atoms with Crippen molar-refractivity contribution in [3.05, 3.63) is 12.2 Å². The van der Waals surface area contributed by atoms with Crippen molar-refractivity contribution in [1.29, 1.82) is 0 Å². The molecule has 11 atom stereocenters. The van der Waals surface area contributed by atoms with Gasteiger partial charge in [-0.25, -0.2) is 4.79 Å². The second kappa shape index (κ2) is 7.99. The molecule has 5 N–H and O–H groups in total. The zero-order valence-electron chi connectivity index (χ0n) is 20.5. The maximum Gasteiger partial charge on any atom is 0.339 e. The fourth-order valence-electron chi connectivity index (χ4n) is 9.05. The van der Waals surface area contributed by atoms with E-state index in [1.807, 2.05) is 6.92 Å². The molecule has 1 heterocycles. The molecule has 1 unspecified atom stereocenters. The van der Waals surface area contributed by atoms with Crippen LogP contribution in [0.5, 0.6) is 0 Å². The third-order valence-corrected chi connectivity index (χ3v) is 10.7. The van der Waals surface area contributed by atoms with Crippen LogP contribution in [0.25, 0.3) is 0 Å². The molecule has 0 aromatic carbocycles. The SMILES string of the molecule is C=C1C[C@]23CC[C@H]4C(C)(C(=O)O)CCC[C@]4(C)[C@H]2CC[C@]1(OC(=O)[C@H]1O[C@@H](O)[C@H](O)[C@@H](O)[C@@H]1O)C3. The highest BCUT2D eigenvalue weighted by Gasteiger charge is 2.69. The Morgan fingerprint density at radius 2 is 1.66 bits per heavy atom. The Morgan fingerprint density at radius 1 is 0.971 bits per heavy atom. The molecule has 1 saturated heterocycles. The van der Waals surface area contributed by atoms with E-state index in [9.17, 15) is 35.1 Å². The van der Waals surface area contributed by atoms with Crippen molar-refractivity contribution in [2.45, 2.75) is 108 Å². The first kappa shape index (κ1) is 25.1. The summed E-state index contributed by atoms with van der Waals surface area (Å²) in [6.45, 7) is 8.46. The largest absolute Gasteiger partial charge is 0.481 e. The molecule has 5 fully saturated rings. The highest BCUT2D eigenvalue weighted by molar-refractivity contribution is 5.77. The number of aliphatic hydroxyl groups excluding tert-OH is 4. The molecule has 2 bridgehead atoms. The number of rotatable bonds is 3. The molecule has 0 radical (unpaired) electrons. The minimum atomic E-state index is -1.82. The summed E-state index contributed by atoms with van der Waals surface area (Å²) in [7, 11) is 0. The number of esters is 1. The molecular formula is C26H38O9. The lowest BCUT2D eigenvalue weighted by Crippen LogP contribution is -2.61. The molecule has 35 heavy (non-hydrogen) atoms. The fraction of sp³-hybridized carbons (Fsp3) is 0.846. The Labute approximate surface area is 205 Å². The van der Waals surface area contributed by atoms with Gasteiger partial charge in [0.1, 0.15) is 23.9 Å². The standard InChI is InChI=1S/C26H38O9/c1-13-11-25-9-5-14-23(2,7-4-8-24(14,3)22(32)33)15(25)6-10-26(13,12-25)35-21(31)19-17(28)16(27)18(29)20(30)34-19/h14-20,27-30H,1,4-12H2,2-3H3,(H,32,33)/t14-,15-,16+,17+,18-,19+,20-,23+,24?,25+,26+/m1/s1. The fourth-order valence-corrected chi connectivity index (χ4v) is 9.05. The average molecular weight is 495 g/mol. The van der Waals surface area contributed by atoms with Crippen LogP contribution in [0.15, 0.2) is 12.2 Å². The molecule has 1 aliphatic heterocycles. The normalized spacial score (nSPS) is 53.4. The van der Waals surface area contributed by atoms with Gasteiger partial charge >= 0.3 is 11.9 Å². The first-order chi connectivity index (χ1) is 16.3. The Balaban J connectivity index is 1.39. The van der Waals surface area contributed by atoms with E-state index in [4.69, 9.17) is 9.47 Å². The van der Waals surface area contributed by atoms with E-state index in [1.54, 1.807) is 0 Å². The minimum Gasteiger partial charge on any atom is -0.481 e. The third kappa shape index (κ3) is 3.38. The lowest BCUT2D eigenvalue weighted by molar-refractivity contribution is -0.284. The highest BCUT2D eigenvalue weighted by atomic mass is 16.7. The smallest absolute Gasteiger partial charge is 0.339 e.